The second-order valence-corrected chi connectivity index (χ2v) is 4.80. The lowest BCUT2D eigenvalue weighted by molar-refractivity contribution is -0.384. The molecule has 0 aliphatic heterocycles. The zero-order valence-corrected chi connectivity index (χ0v) is 11.6. The number of nitrogens with one attached hydrogen (secondary N) is 1. The molecule has 0 atom stereocenters. The Labute approximate surface area is 121 Å². The van der Waals surface area contributed by atoms with Crippen molar-refractivity contribution >= 4 is 33.2 Å². The third-order valence-corrected chi connectivity index (χ3v) is 3.04. The number of anilines is 1. The highest BCUT2D eigenvalue weighted by molar-refractivity contribution is 9.10. The van der Waals surface area contributed by atoms with Crippen LogP contribution in [-0.4, -0.2) is 10.8 Å². The molecule has 2 aromatic rings. The maximum atomic E-state index is 13.1. The Bertz CT molecular complexity index is 674. The minimum atomic E-state index is -0.684. The monoisotopic (exact) mass is 338 g/mol. The van der Waals surface area contributed by atoms with E-state index in [2.05, 4.69) is 21.2 Å². The molecule has 7 heteroatoms. The van der Waals surface area contributed by atoms with E-state index in [4.69, 9.17) is 0 Å². The fraction of sp³-hybridized carbons (Fsp3) is 0. The maximum absolute atomic E-state index is 13.1. The van der Waals surface area contributed by atoms with Gasteiger partial charge in [-0.05, 0) is 30.3 Å². The molecular weight excluding hydrogens is 331 g/mol. The number of nitro benzene ring substituents is 1. The first-order valence-electron chi connectivity index (χ1n) is 5.48. The van der Waals surface area contributed by atoms with Crippen LogP contribution in [0.5, 0.6) is 0 Å². The molecule has 0 aromatic heterocycles. The summed E-state index contributed by atoms with van der Waals surface area (Å²) in [6.07, 6.45) is 0. The van der Waals surface area contributed by atoms with Gasteiger partial charge in [0, 0.05) is 22.2 Å². The van der Waals surface area contributed by atoms with Gasteiger partial charge in [-0.15, -0.1) is 0 Å². The van der Waals surface area contributed by atoms with Crippen molar-refractivity contribution in [3.05, 3.63) is 68.4 Å². The summed E-state index contributed by atoms with van der Waals surface area (Å²) in [5, 5.41) is 13.2. The lowest BCUT2D eigenvalue weighted by Gasteiger charge is -2.06. The molecule has 1 amide bonds. The number of benzene rings is 2. The Morgan fingerprint density at radius 1 is 1.20 bits per heavy atom. The van der Waals surface area contributed by atoms with Crippen LogP contribution in [0.15, 0.2) is 46.9 Å². The van der Waals surface area contributed by atoms with Crippen molar-refractivity contribution in [2.24, 2.45) is 0 Å². The Morgan fingerprint density at radius 3 is 2.45 bits per heavy atom. The summed E-state index contributed by atoms with van der Waals surface area (Å²) in [5.41, 5.74) is -0.230. The lowest BCUT2D eigenvalue weighted by atomic mass is 10.2. The summed E-state index contributed by atoms with van der Waals surface area (Å²) < 4.78 is 13.9. The number of carbonyl (C=O) groups is 1. The molecule has 0 bridgehead atoms. The van der Waals surface area contributed by atoms with Crippen molar-refractivity contribution in [3.8, 4) is 0 Å². The minimum Gasteiger partial charge on any atom is -0.316 e. The zero-order valence-electron chi connectivity index (χ0n) is 9.97. The Morgan fingerprint density at radius 2 is 1.85 bits per heavy atom. The van der Waals surface area contributed by atoms with E-state index in [0.717, 1.165) is 22.7 Å². The van der Waals surface area contributed by atoms with Crippen molar-refractivity contribution in [1.29, 1.82) is 0 Å². The fourth-order valence-electron chi connectivity index (χ4n) is 1.56. The second-order valence-electron chi connectivity index (χ2n) is 3.88. The van der Waals surface area contributed by atoms with Crippen molar-refractivity contribution in [2.45, 2.75) is 0 Å². The van der Waals surface area contributed by atoms with Crippen molar-refractivity contribution in [3.63, 3.8) is 0 Å². The number of hydrogen-bond donors (Lipinski definition) is 1. The van der Waals surface area contributed by atoms with Crippen LogP contribution in [0.2, 0.25) is 0 Å². The zero-order chi connectivity index (χ0) is 14.7. The predicted octanol–water partition coefficient (Wildman–Crippen LogP) is 3.75. The number of halogens is 2. The predicted molar refractivity (Wildman–Crippen MR) is 75.1 cm³/mol. The van der Waals surface area contributed by atoms with Gasteiger partial charge in [-0.2, -0.15) is 0 Å². The number of rotatable bonds is 3. The smallest absolute Gasteiger partial charge is 0.292 e. The Balaban J connectivity index is 2.29. The summed E-state index contributed by atoms with van der Waals surface area (Å²) >= 11 is 3.23. The molecule has 0 fully saturated rings. The van der Waals surface area contributed by atoms with E-state index in [1.807, 2.05) is 0 Å². The minimum absolute atomic E-state index is 0.178. The molecule has 0 radical (unpaired) electrons. The molecule has 2 rings (SSSR count). The molecule has 5 nitrogen and oxygen atoms in total. The van der Waals surface area contributed by atoms with Crippen molar-refractivity contribution in [2.75, 3.05) is 5.32 Å². The van der Waals surface area contributed by atoms with Crippen LogP contribution in [0, 0.1) is 15.9 Å². The first kappa shape index (κ1) is 14.1. The van der Waals surface area contributed by atoms with Crippen LogP contribution >= 0.6 is 15.9 Å². The number of nitro groups is 1. The lowest BCUT2D eigenvalue weighted by Crippen LogP contribution is -2.13. The van der Waals surface area contributed by atoms with Gasteiger partial charge in [0.15, 0.2) is 0 Å². The molecule has 0 heterocycles. The molecular formula is C13H8BrFN2O3. The van der Waals surface area contributed by atoms with E-state index in [0.29, 0.717) is 5.56 Å². The molecule has 0 spiro atoms. The van der Waals surface area contributed by atoms with Gasteiger partial charge in [-0.25, -0.2) is 4.39 Å². The maximum Gasteiger partial charge on any atom is 0.292 e. The van der Waals surface area contributed by atoms with Crippen LogP contribution in [0.25, 0.3) is 0 Å². The molecule has 0 unspecified atom stereocenters. The van der Waals surface area contributed by atoms with E-state index < -0.39 is 16.6 Å². The van der Waals surface area contributed by atoms with Gasteiger partial charge in [0.2, 0.25) is 0 Å². The quantitative estimate of drug-likeness (QED) is 0.684. The van der Waals surface area contributed by atoms with E-state index in [-0.39, 0.29) is 11.4 Å². The van der Waals surface area contributed by atoms with E-state index >= 15 is 0 Å². The van der Waals surface area contributed by atoms with Gasteiger partial charge in [0.1, 0.15) is 11.5 Å². The molecule has 2 aromatic carbocycles. The highest BCUT2D eigenvalue weighted by Gasteiger charge is 2.17. The fourth-order valence-corrected chi connectivity index (χ4v) is 1.83. The third kappa shape index (κ3) is 3.18. The molecule has 0 saturated heterocycles. The molecule has 20 heavy (non-hydrogen) atoms. The summed E-state index contributed by atoms with van der Waals surface area (Å²) in [7, 11) is 0. The normalized spacial score (nSPS) is 10.1. The molecule has 0 saturated carbocycles. The van der Waals surface area contributed by atoms with Crippen LogP contribution in [0.3, 0.4) is 0 Å². The Kier molecular flexibility index (Phi) is 4.09. The average Bonchev–Trinajstić information content (AvgIpc) is 2.39. The first-order chi connectivity index (χ1) is 9.47. The van der Waals surface area contributed by atoms with Crippen molar-refractivity contribution in [1.82, 2.24) is 0 Å². The highest BCUT2D eigenvalue weighted by atomic mass is 79.9. The van der Waals surface area contributed by atoms with Gasteiger partial charge in [-0.3, -0.25) is 14.9 Å². The SMILES string of the molecule is O=C(Nc1cc(F)ccc1[N+](=O)[O-])c1ccc(Br)cc1. The largest absolute Gasteiger partial charge is 0.316 e. The average molecular weight is 339 g/mol. The van der Waals surface area contributed by atoms with E-state index in [1.165, 1.54) is 0 Å². The van der Waals surface area contributed by atoms with E-state index in [9.17, 15) is 19.3 Å². The molecule has 102 valence electrons. The first-order valence-corrected chi connectivity index (χ1v) is 6.27. The molecule has 1 N–H and O–H groups in total. The van der Waals surface area contributed by atoms with Gasteiger partial charge in [-0.1, -0.05) is 15.9 Å². The number of nitrogens with zero attached hydrogens (tertiary/aromatic N) is 1. The van der Waals surface area contributed by atoms with Crippen LogP contribution < -0.4 is 5.32 Å². The molecule has 0 aliphatic rings. The van der Waals surface area contributed by atoms with Crippen LogP contribution in [0.4, 0.5) is 15.8 Å². The summed E-state index contributed by atoms with van der Waals surface area (Å²) in [5.74, 6) is -1.21. The molecule has 0 aliphatic carbocycles. The van der Waals surface area contributed by atoms with Crippen molar-refractivity contribution < 1.29 is 14.1 Å². The highest BCUT2D eigenvalue weighted by Crippen LogP contribution is 2.25. The van der Waals surface area contributed by atoms with Crippen LogP contribution in [0.1, 0.15) is 10.4 Å². The van der Waals surface area contributed by atoms with Gasteiger partial charge in [0.05, 0.1) is 4.92 Å². The topological polar surface area (TPSA) is 72.2 Å². The number of hydrogen-bond acceptors (Lipinski definition) is 3. The Hall–Kier alpha value is -2.28. The summed E-state index contributed by atoms with van der Waals surface area (Å²) in [6.45, 7) is 0. The standard InChI is InChI=1S/C13H8BrFN2O3/c14-9-3-1-8(2-4-9)13(18)16-11-7-10(15)5-6-12(11)17(19)20/h1-7H,(H,16,18). The summed E-state index contributed by atoms with van der Waals surface area (Å²) in [6, 6.07) is 9.30. The van der Waals surface area contributed by atoms with Gasteiger partial charge >= 0.3 is 0 Å². The van der Waals surface area contributed by atoms with E-state index in [1.54, 1.807) is 24.3 Å². The van der Waals surface area contributed by atoms with Crippen LogP contribution in [-0.2, 0) is 0 Å². The number of carbonyl (C=O) groups excluding carboxylic acids is 1. The summed E-state index contributed by atoms with van der Waals surface area (Å²) in [4.78, 5) is 22.1. The second kappa shape index (κ2) is 5.79. The van der Waals surface area contributed by atoms with Gasteiger partial charge < -0.3 is 5.32 Å². The van der Waals surface area contributed by atoms with Gasteiger partial charge in [0.25, 0.3) is 11.6 Å². The third-order valence-electron chi connectivity index (χ3n) is 2.51. The number of amides is 1.